The number of ether oxygens (including phenoxy) is 3. The Kier molecular flexibility index (Phi) is 46.0. The van der Waals surface area contributed by atoms with Crippen molar-refractivity contribution in [3.05, 3.63) is 97.2 Å². The normalized spacial score (nSPS) is 12.9. The SMILES string of the molecule is CC\C=C/C=C\C=C/C=C\CCCCCC(=O)OC(COC(=O)CC/C=C\C/C=C\CCCCCCCC)COC(=O)CCCCCCCCC/C=C\C/C=C\CCCCC. The third-order valence-corrected chi connectivity index (χ3v) is 10.2. The molecule has 61 heavy (non-hydrogen) atoms. The van der Waals surface area contributed by atoms with E-state index in [9.17, 15) is 14.4 Å². The van der Waals surface area contributed by atoms with Crippen LogP contribution in [0.1, 0.15) is 213 Å². The highest BCUT2D eigenvalue weighted by molar-refractivity contribution is 5.71. The van der Waals surface area contributed by atoms with Crippen LogP contribution in [0.5, 0.6) is 0 Å². The summed E-state index contributed by atoms with van der Waals surface area (Å²) in [6.07, 6.45) is 64.0. The van der Waals surface area contributed by atoms with Crippen LogP contribution < -0.4 is 0 Å². The number of esters is 3. The summed E-state index contributed by atoms with van der Waals surface area (Å²) in [5.41, 5.74) is 0. The first-order valence-corrected chi connectivity index (χ1v) is 24.8. The number of hydrogen-bond acceptors (Lipinski definition) is 6. The Morgan fingerprint density at radius 1 is 0.361 bits per heavy atom. The highest BCUT2D eigenvalue weighted by atomic mass is 16.6. The van der Waals surface area contributed by atoms with Gasteiger partial charge < -0.3 is 14.2 Å². The van der Waals surface area contributed by atoms with Gasteiger partial charge in [-0.05, 0) is 89.9 Å². The minimum absolute atomic E-state index is 0.116. The molecule has 0 aromatic heterocycles. The average molecular weight is 847 g/mol. The fraction of sp³-hybridized carbons (Fsp3) is 0.655. The molecular weight excluding hydrogens is 757 g/mol. The zero-order chi connectivity index (χ0) is 44.4. The fourth-order valence-corrected chi connectivity index (χ4v) is 6.42. The van der Waals surface area contributed by atoms with Crippen LogP contribution in [0.2, 0.25) is 0 Å². The highest BCUT2D eigenvalue weighted by Crippen LogP contribution is 2.13. The van der Waals surface area contributed by atoms with E-state index < -0.39 is 6.10 Å². The zero-order valence-corrected chi connectivity index (χ0v) is 39.4. The summed E-state index contributed by atoms with van der Waals surface area (Å²) in [4.78, 5) is 37.8. The van der Waals surface area contributed by atoms with Gasteiger partial charge in [-0.25, -0.2) is 0 Å². The molecule has 0 spiro atoms. The molecule has 0 aliphatic rings. The zero-order valence-electron chi connectivity index (χ0n) is 39.4. The summed E-state index contributed by atoms with van der Waals surface area (Å²) < 4.78 is 16.7. The Bertz CT molecular complexity index is 1250. The van der Waals surface area contributed by atoms with Gasteiger partial charge in [0.15, 0.2) is 6.10 Å². The molecule has 0 N–H and O–H groups in total. The second kappa shape index (κ2) is 49.0. The maximum absolute atomic E-state index is 12.7. The Morgan fingerprint density at radius 2 is 0.738 bits per heavy atom. The molecule has 0 aromatic carbocycles. The Balaban J connectivity index is 4.51. The van der Waals surface area contributed by atoms with Crippen LogP contribution in [-0.4, -0.2) is 37.2 Å². The van der Waals surface area contributed by atoms with Gasteiger partial charge in [0.05, 0.1) is 0 Å². The van der Waals surface area contributed by atoms with Crippen molar-refractivity contribution in [2.75, 3.05) is 13.2 Å². The largest absolute Gasteiger partial charge is 0.462 e. The maximum atomic E-state index is 12.7. The smallest absolute Gasteiger partial charge is 0.306 e. The van der Waals surface area contributed by atoms with Crippen LogP contribution in [0.15, 0.2) is 97.2 Å². The van der Waals surface area contributed by atoms with E-state index in [1.807, 2.05) is 42.5 Å². The van der Waals surface area contributed by atoms with E-state index in [1.165, 1.54) is 89.9 Å². The van der Waals surface area contributed by atoms with Gasteiger partial charge in [-0.2, -0.15) is 0 Å². The van der Waals surface area contributed by atoms with Crippen molar-refractivity contribution >= 4 is 17.9 Å². The summed E-state index contributed by atoms with van der Waals surface area (Å²) in [5.74, 6) is -1.04. The van der Waals surface area contributed by atoms with E-state index in [0.29, 0.717) is 19.3 Å². The average Bonchev–Trinajstić information content (AvgIpc) is 3.26. The Labute approximate surface area is 375 Å². The molecule has 0 bridgehead atoms. The number of allylic oxidation sites excluding steroid dienone is 16. The van der Waals surface area contributed by atoms with E-state index in [2.05, 4.69) is 75.5 Å². The maximum Gasteiger partial charge on any atom is 0.306 e. The lowest BCUT2D eigenvalue weighted by molar-refractivity contribution is -0.166. The van der Waals surface area contributed by atoms with Crippen molar-refractivity contribution in [3.8, 4) is 0 Å². The molecule has 0 radical (unpaired) electrons. The van der Waals surface area contributed by atoms with Crippen molar-refractivity contribution in [2.24, 2.45) is 0 Å². The molecule has 0 aromatic rings. The Hall–Kier alpha value is -3.67. The lowest BCUT2D eigenvalue weighted by Gasteiger charge is -2.18. The number of carbonyl (C=O) groups excluding carboxylic acids is 3. The molecule has 1 atom stereocenters. The monoisotopic (exact) mass is 847 g/mol. The first kappa shape index (κ1) is 57.3. The van der Waals surface area contributed by atoms with Crippen LogP contribution >= 0.6 is 0 Å². The second-order valence-corrected chi connectivity index (χ2v) is 16.1. The standard InChI is InChI=1S/C55H90O6/c1-4-7-10-13-16-19-22-25-26-27-28-31-33-36-39-42-45-48-54(57)60-51-52(61-55(58)49-46-43-40-37-34-30-24-21-18-15-12-9-6-3)50-59-53(56)47-44-41-38-35-32-29-23-20-17-14-11-8-5-2/h9,12,15-16,18-19,21,24-26,29-30,32,34,38,41,52H,4-8,10-11,13-14,17,20,22-23,27-28,31,33,35-37,39-40,42-51H2,1-3H3/b12-9-,18-15-,19-16-,24-21-,26-25-,32-29-,34-30-,41-38-. The highest BCUT2D eigenvalue weighted by Gasteiger charge is 2.19. The van der Waals surface area contributed by atoms with Crippen LogP contribution in [-0.2, 0) is 28.6 Å². The van der Waals surface area contributed by atoms with Gasteiger partial charge in [-0.1, -0.05) is 201 Å². The van der Waals surface area contributed by atoms with Crippen LogP contribution in [0.4, 0.5) is 0 Å². The van der Waals surface area contributed by atoms with Gasteiger partial charge in [-0.3, -0.25) is 14.4 Å². The third kappa shape index (κ3) is 47.2. The molecule has 0 fully saturated rings. The molecule has 6 nitrogen and oxygen atoms in total. The molecule has 0 heterocycles. The topological polar surface area (TPSA) is 78.9 Å². The molecular formula is C55H90O6. The van der Waals surface area contributed by atoms with Gasteiger partial charge in [0, 0.05) is 19.3 Å². The Morgan fingerprint density at radius 3 is 1.28 bits per heavy atom. The van der Waals surface area contributed by atoms with Gasteiger partial charge >= 0.3 is 17.9 Å². The molecule has 0 aliphatic heterocycles. The summed E-state index contributed by atoms with van der Waals surface area (Å²) in [6, 6.07) is 0. The predicted octanol–water partition coefficient (Wildman–Crippen LogP) is 16.2. The molecule has 6 heteroatoms. The lowest BCUT2D eigenvalue weighted by Crippen LogP contribution is -2.30. The van der Waals surface area contributed by atoms with Crippen molar-refractivity contribution in [2.45, 2.75) is 219 Å². The van der Waals surface area contributed by atoms with E-state index in [-0.39, 0.29) is 44.0 Å². The molecule has 0 amide bonds. The van der Waals surface area contributed by atoms with Crippen molar-refractivity contribution in [1.29, 1.82) is 0 Å². The molecule has 346 valence electrons. The quantitative estimate of drug-likeness (QED) is 0.0200. The lowest BCUT2D eigenvalue weighted by atomic mass is 10.1. The molecule has 0 aliphatic carbocycles. The summed E-state index contributed by atoms with van der Waals surface area (Å²) in [7, 11) is 0. The first-order chi connectivity index (χ1) is 30.0. The second-order valence-electron chi connectivity index (χ2n) is 16.1. The minimum Gasteiger partial charge on any atom is -0.462 e. The number of unbranched alkanes of at least 4 members (excludes halogenated alkanes) is 19. The predicted molar refractivity (Wildman–Crippen MR) is 260 cm³/mol. The van der Waals surface area contributed by atoms with Crippen molar-refractivity contribution < 1.29 is 28.6 Å². The van der Waals surface area contributed by atoms with E-state index >= 15 is 0 Å². The van der Waals surface area contributed by atoms with Gasteiger partial charge in [-0.15, -0.1) is 0 Å². The molecule has 0 rings (SSSR count). The number of rotatable bonds is 43. The minimum atomic E-state index is -0.823. The van der Waals surface area contributed by atoms with E-state index in [4.69, 9.17) is 14.2 Å². The summed E-state index contributed by atoms with van der Waals surface area (Å²) >= 11 is 0. The van der Waals surface area contributed by atoms with E-state index in [1.54, 1.807) is 0 Å². The summed E-state index contributed by atoms with van der Waals surface area (Å²) in [6.45, 7) is 6.35. The molecule has 1 unspecified atom stereocenters. The van der Waals surface area contributed by atoms with Gasteiger partial charge in [0.2, 0.25) is 0 Å². The van der Waals surface area contributed by atoms with Crippen LogP contribution in [0.25, 0.3) is 0 Å². The van der Waals surface area contributed by atoms with Crippen molar-refractivity contribution in [3.63, 3.8) is 0 Å². The number of hydrogen-bond donors (Lipinski definition) is 0. The van der Waals surface area contributed by atoms with Gasteiger partial charge in [0.1, 0.15) is 13.2 Å². The molecule has 0 saturated heterocycles. The number of carbonyl (C=O) groups is 3. The first-order valence-electron chi connectivity index (χ1n) is 24.8. The van der Waals surface area contributed by atoms with Crippen LogP contribution in [0.3, 0.4) is 0 Å². The van der Waals surface area contributed by atoms with Gasteiger partial charge in [0.25, 0.3) is 0 Å². The van der Waals surface area contributed by atoms with Crippen molar-refractivity contribution in [1.82, 2.24) is 0 Å². The fourth-order valence-electron chi connectivity index (χ4n) is 6.42. The third-order valence-electron chi connectivity index (χ3n) is 10.2. The summed E-state index contributed by atoms with van der Waals surface area (Å²) in [5, 5.41) is 0. The van der Waals surface area contributed by atoms with E-state index in [0.717, 1.165) is 70.6 Å². The molecule has 0 saturated carbocycles. The van der Waals surface area contributed by atoms with Crippen LogP contribution in [0, 0.1) is 0 Å².